The molecule has 1 aliphatic rings. The second kappa shape index (κ2) is 12.0. The minimum absolute atomic E-state index is 0.0739. The summed E-state index contributed by atoms with van der Waals surface area (Å²) in [6.45, 7) is 0.389. The van der Waals surface area contributed by atoms with Gasteiger partial charge in [-0.1, -0.05) is 96.9 Å². The summed E-state index contributed by atoms with van der Waals surface area (Å²) in [5, 5.41) is 28.4. The van der Waals surface area contributed by atoms with Crippen LogP contribution in [-0.2, 0) is 39.6 Å². The van der Waals surface area contributed by atoms with Gasteiger partial charge < -0.3 is 30.2 Å². The first-order valence-electron chi connectivity index (χ1n) is 13.9. The smallest absolute Gasteiger partial charge is 0.197 e. The lowest BCUT2D eigenvalue weighted by Crippen LogP contribution is -2.53. The van der Waals surface area contributed by atoms with E-state index < -0.39 is 29.5 Å². The van der Waals surface area contributed by atoms with E-state index in [9.17, 15) is 10.2 Å². The van der Waals surface area contributed by atoms with Gasteiger partial charge in [-0.05, 0) is 28.8 Å². The van der Waals surface area contributed by atoms with Crippen molar-refractivity contribution >= 4 is 11.3 Å². The summed E-state index contributed by atoms with van der Waals surface area (Å²) < 4.78 is 20.8. The molecule has 218 valence electrons. The van der Waals surface area contributed by atoms with Crippen LogP contribution in [0.4, 0.5) is 5.82 Å². The van der Waals surface area contributed by atoms with Crippen LogP contribution in [0.1, 0.15) is 22.4 Å². The molecule has 0 radical (unpaired) electrons. The van der Waals surface area contributed by atoms with E-state index in [1.54, 1.807) is 12.1 Å². The Kier molecular flexibility index (Phi) is 7.95. The van der Waals surface area contributed by atoms with Gasteiger partial charge >= 0.3 is 0 Å². The maximum Gasteiger partial charge on any atom is 0.197 e. The molecule has 2 unspecified atom stereocenters. The van der Waals surface area contributed by atoms with Crippen molar-refractivity contribution in [2.75, 3.05) is 5.73 Å². The predicted molar refractivity (Wildman–Crippen MR) is 160 cm³/mol. The van der Waals surface area contributed by atoms with Crippen LogP contribution in [0.3, 0.4) is 0 Å². The van der Waals surface area contributed by atoms with Gasteiger partial charge in [0.2, 0.25) is 0 Å². The molecule has 1 saturated carbocycles. The summed E-state index contributed by atoms with van der Waals surface area (Å²) in [5.41, 5.74) is 5.68. The third kappa shape index (κ3) is 5.39. The lowest BCUT2D eigenvalue weighted by Gasteiger charge is -2.37. The zero-order valence-corrected chi connectivity index (χ0v) is 23.4. The van der Waals surface area contributed by atoms with Crippen molar-refractivity contribution in [2.45, 2.75) is 49.3 Å². The summed E-state index contributed by atoms with van der Waals surface area (Å²) in [6.07, 6.45) is 4.07. The summed E-state index contributed by atoms with van der Waals surface area (Å²) in [6, 6.07) is 31.9. The highest BCUT2D eigenvalue weighted by molar-refractivity contribution is 5.66. The van der Waals surface area contributed by atoms with Gasteiger partial charge in [0.05, 0.1) is 25.5 Å². The number of aliphatic hydroxyl groups excluding tert-OH is 1. The monoisotopic (exact) mass is 576 g/mol. The molecule has 0 amide bonds. The third-order valence-electron chi connectivity index (χ3n) is 7.83. The number of nitrogens with two attached hydrogens (primary N) is 1. The zero-order chi connectivity index (χ0) is 29.9. The van der Waals surface area contributed by atoms with Gasteiger partial charge in [-0.15, -0.1) is 6.42 Å². The molecule has 9 nitrogen and oxygen atoms in total. The SMILES string of the molecule is C#CC(O)(c1ccc2c(N)ncnn12)[C@H](OCc1ccccc1)[C@]1(OCc2ccccc2)C(OCc2ccccc2)[C@H]1O. The van der Waals surface area contributed by atoms with Crippen molar-refractivity contribution in [3.8, 4) is 12.3 Å². The van der Waals surface area contributed by atoms with E-state index in [4.69, 9.17) is 26.4 Å². The van der Waals surface area contributed by atoms with Crippen LogP contribution < -0.4 is 5.73 Å². The quantitative estimate of drug-likeness (QED) is 0.192. The zero-order valence-electron chi connectivity index (χ0n) is 23.4. The lowest BCUT2D eigenvalue weighted by atomic mass is 9.87. The molecule has 4 N–H and O–H groups in total. The summed E-state index contributed by atoms with van der Waals surface area (Å²) in [5.74, 6) is 2.77. The number of terminal acetylenes is 1. The Morgan fingerprint density at radius 1 is 0.884 bits per heavy atom. The third-order valence-corrected chi connectivity index (χ3v) is 7.83. The maximum absolute atomic E-state index is 12.5. The molecular formula is C34H32N4O5. The molecule has 9 heteroatoms. The summed E-state index contributed by atoms with van der Waals surface area (Å²) in [7, 11) is 0. The molecule has 0 spiro atoms. The fourth-order valence-corrected chi connectivity index (χ4v) is 5.50. The van der Waals surface area contributed by atoms with Crippen molar-refractivity contribution in [1.29, 1.82) is 0 Å². The highest BCUT2D eigenvalue weighted by Crippen LogP contribution is 2.53. The Morgan fingerprint density at radius 2 is 1.47 bits per heavy atom. The minimum atomic E-state index is -2.15. The van der Waals surface area contributed by atoms with Crippen LogP contribution in [-0.4, -0.2) is 48.7 Å². The average molecular weight is 577 g/mol. The van der Waals surface area contributed by atoms with E-state index >= 15 is 0 Å². The highest BCUT2D eigenvalue weighted by atomic mass is 16.6. The van der Waals surface area contributed by atoms with Crippen molar-refractivity contribution in [1.82, 2.24) is 14.6 Å². The van der Waals surface area contributed by atoms with E-state index in [0.29, 0.717) is 5.52 Å². The molecule has 5 atom stereocenters. The number of nitrogens with zero attached hydrogens (tertiary/aromatic N) is 3. The van der Waals surface area contributed by atoms with Crippen LogP contribution in [0.15, 0.2) is 109 Å². The fourth-order valence-electron chi connectivity index (χ4n) is 5.50. The van der Waals surface area contributed by atoms with E-state index in [-0.39, 0.29) is 31.3 Å². The second-order valence-corrected chi connectivity index (χ2v) is 10.5. The molecular weight excluding hydrogens is 544 g/mol. The lowest BCUT2D eigenvalue weighted by molar-refractivity contribution is -0.194. The fraction of sp³-hybridized carbons (Fsp3) is 0.235. The Morgan fingerprint density at radius 3 is 2.07 bits per heavy atom. The molecule has 5 aromatic rings. The molecule has 2 heterocycles. The first-order chi connectivity index (χ1) is 21.0. The van der Waals surface area contributed by atoms with Crippen molar-refractivity contribution in [3.63, 3.8) is 0 Å². The van der Waals surface area contributed by atoms with E-state index in [1.807, 2.05) is 91.0 Å². The molecule has 0 saturated heterocycles. The number of anilines is 1. The van der Waals surface area contributed by atoms with Crippen molar-refractivity contribution in [3.05, 3.63) is 132 Å². The summed E-state index contributed by atoms with van der Waals surface area (Å²) in [4.78, 5) is 4.05. The van der Waals surface area contributed by atoms with Gasteiger partial charge in [0.25, 0.3) is 0 Å². The Labute approximate surface area is 249 Å². The van der Waals surface area contributed by atoms with E-state index in [1.165, 1.54) is 10.8 Å². The van der Waals surface area contributed by atoms with Crippen LogP contribution in [0.25, 0.3) is 5.52 Å². The number of nitrogen functional groups attached to an aromatic ring is 1. The number of aliphatic hydroxyl groups is 2. The highest BCUT2D eigenvalue weighted by Gasteiger charge is 2.76. The Hall–Kier alpha value is -4.56. The minimum Gasteiger partial charge on any atom is -0.387 e. The van der Waals surface area contributed by atoms with E-state index in [0.717, 1.165) is 16.7 Å². The number of ether oxygens (including phenoxy) is 3. The summed E-state index contributed by atoms with van der Waals surface area (Å²) >= 11 is 0. The van der Waals surface area contributed by atoms with Crippen LogP contribution in [0.5, 0.6) is 0 Å². The van der Waals surface area contributed by atoms with Crippen LogP contribution in [0.2, 0.25) is 0 Å². The number of rotatable bonds is 12. The maximum atomic E-state index is 12.5. The van der Waals surface area contributed by atoms with Gasteiger partial charge in [0, 0.05) is 0 Å². The second-order valence-electron chi connectivity index (χ2n) is 10.5. The molecule has 1 fully saturated rings. The van der Waals surface area contributed by atoms with Gasteiger partial charge in [-0.2, -0.15) is 5.10 Å². The van der Waals surface area contributed by atoms with Gasteiger partial charge in [0.1, 0.15) is 30.2 Å². The molecule has 3 aromatic carbocycles. The first kappa shape index (κ1) is 28.6. The first-order valence-corrected chi connectivity index (χ1v) is 13.9. The normalized spacial score (nSPS) is 21.6. The number of benzene rings is 3. The number of hydrogen-bond acceptors (Lipinski definition) is 8. The standard InChI is InChI=1S/C34H32N4O5/c1-2-33(40,28-19-18-27-31(35)36-23-37-38(27)28)32(42-21-25-14-8-4-9-15-25)34(43-22-26-16-10-5-11-17-26)29(39)30(34)41-20-24-12-6-3-7-13-24/h1,3-19,23,29-30,32,39-40H,20-22H2,(H2,35,36,37)/t29-,30?,32+,33?,34-/m1/s1. The molecule has 0 aliphatic heterocycles. The number of fused-ring (bicyclic) bond motifs is 1. The average Bonchev–Trinajstić information content (AvgIpc) is 3.35. The number of aromatic nitrogens is 3. The van der Waals surface area contributed by atoms with Crippen molar-refractivity contribution < 1.29 is 24.4 Å². The molecule has 6 rings (SSSR count). The van der Waals surface area contributed by atoms with Gasteiger partial charge in [-0.25, -0.2) is 9.50 Å². The van der Waals surface area contributed by atoms with Gasteiger partial charge in [-0.3, -0.25) is 0 Å². The topological polar surface area (TPSA) is 124 Å². The van der Waals surface area contributed by atoms with Gasteiger partial charge in [0.15, 0.2) is 17.0 Å². The van der Waals surface area contributed by atoms with E-state index in [2.05, 4.69) is 16.0 Å². The molecule has 43 heavy (non-hydrogen) atoms. The molecule has 2 aromatic heterocycles. The van der Waals surface area contributed by atoms with Crippen LogP contribution in [0, 0.1) is 12.3 Å². The predicted octanol–water partition coefficient (Wildman–Crippen LogP) is 3.63. The largest absolute Gasteiger partial charge is 0.387 e. The van der Waals surface area contributed by atoms with Crippen LogP contribution >= 0.6 is 0 Å². The Balaban J connectivity index is 1.43. The molecule has 0 bridgehead atoms. The number of hydrogen-bond donors (Lipinski definition) is 3. The Bertz CT molecular complexity index is 1710. The molecule has 1 aliphatic carbocycles. The van der Waals surface area contributed by atoms with Crippen molar-refractivity contribution in [2.24, 2.45) is 0 Å².